The molecule has 1 saturated heterocycles. The topological polar surface area (TPSA) is 98.8 Å². The number of nitrogens with one attached hydrogen (secondary N) is 3. The number of amides is 1. The number of anilines is 1. The van der Waals surface area contributed by atoms with Gasteiger partial charge in [0.1, 0.15) is 17.7 Å². The van der Waals surface area contributed by atoms with Gasteiger partial charge in [-0.2, -0.15) is 0 Å². The monoisotopic (exact) mass is 335 g/mol. The molecule has 0 saturated carbocycles. The lowest BCUT2D eigenvalue weighted by atomic mass is 10.1. The zero-order valence-corrected chi connectivity index (χ0v) is 13.5. The van der Waals surface area contributed by atoms with E-state index in [9.17, 15) is 4.79 Å². The molecule has 1 unspecified atom stereocenters. The third-order valence-corrected chi connectivity index (χ3v) is 4.75. The van der Waals surface area contributed by atoms with E-state index in [1.165, 1.54) is 0 Å². The molecule has 8 heteroatoms. The van der Waals surface area contributed by atoms with Crippen LogP contribution < -0.4 is 10.9 Å². The number of aromatic nitrogens is 4. The Kier molecular flexibility index (Phi) is 3.17. The Labute approximate surface area is 143 Å². The first-order chi connectivity index (χ1) is 12.3. The lowest BCUT2D eigenvalue weighted by Crippen LogP contribution is -2.27. The highest BCUT2D eigenvalue weighted by molar-refractivity contribution is 5.94. The van der Waals surface area contributed by atoms with E-state index in [0.717, 1.165) is 48.7 Å². The predicted octanol–water partition coefficient (Wildman–Crippen LogP) is 1.61. The lowest BCUT2D eigenvalue weighted by molar-refractivity contribution is 0.0792. The van der Waals surface area contributed by atoms with Crippen molar-refractivity contribution >= 4 is 22.9 Å². The minimum atomic E-state index is -0.206. The molecule has 0 spiro atoms. The molecule has 126 valence electrons. The van der Waals surface area contributed by atoms with Gasteiger partial charge in [0, 0.05) is 31.0 Å². The van der Waals surface area contributed by atoms with E-state index in [4.69, 9.17) is 0 Å². The van der Waals surface area contributed by atoms with Crippen molar-refractivity contribution in [2.24, 2.45) is 0 Å². The largest absolute Gasteiger partial charge is 0.339 e. The van der Waals surface area contributed by atoms with Gasteiger partial charge in [0.2, 0.25) is 0 Å². The van der Waals surface area contributed by atoms with E-state index in [2.05, 4.69) is 30.8 Å². The second-order valence-corrected chi connectivity index (χ2v) is 6.36. The molecule has 1 fully saturated rings. The summed E-state index contributed by atoms with van der Waals surface area (Å²) < 4.78 is 0. The van der Waals surface area contributed by atoms with Gasteiger partial charge in [0.25, 0.3) is 5.91 Å². The number of pyridine rings is 2. The van der Waals surface area contributed by atoms with Crippen LogP contribution in [0.2, 0.25) is 0 Å². The number of hydrogen-bond acceptors (Lipinski definition) is 6. The molecule has 2 aliphatic heterocycles. The SMILES string of the molecule is O=C(c1cnc2c(c1)C(c1nc3ncccc3[nH]1)NN2)N1CCCC1. The van der Waals surface area contributed by atoms with Gasteiger partial charge in [-0.3, -0.25) is 4.79 Å². The van der Waals surface area contributed by atoms with Gasteiger partial charge in [-0.25, -0.2) is 20.4 Å². The Morgan fingerprint density at radius 2 is 2.12 bits per heavy atom. The van der Waals surface area contributed by atoms with Crippen molar-refractivity contribution in [1.29, 1.82) is 0 Å². The molecule has 3 aromatic heterocycles. The molecule has 0 aliphatic carbocycles. The fourth-order valence-electron chi connectivity index (χ4n) is 3.46. The molecule has 0 aromatic carbocycles. The molecule has 3 aromatic rings. The number of imidazole rings is 1. The molecule has 1 amide bonds. The Morgan fingerprint density at radius 3 is 2.96 bits per heavy atom. The quantitative estimate of drug-likeness (QED) is 0.658. The van der Waals surface area contributed by atoms with Crippen LogP contribution in [-0.4, -0.2) is 43.8 Å². The van der Waals surface area contributed by atoms with E-state index in [1.807, 2.05) is 23.1 Å². The van der Waals surface area contributed by atoms with E-state index >= 15 is 0 Å². The Morgan fingerprint density at radius 1 is 1.24 bits per heavy atom. The molecule has 0 bridgehead atoms. The summed E-state index contributed by atoms with van der Waals surface area (Å²) in [5.41, 5.74) is 9.31. The fraction of sp³-hybridized carbons (Fsp3) is 0.294. The molecule has 5 rings (SSSR count). The summed E-state index contributed by atoms with van der Waals surface area (Å²) >= 11 is 0. The first-order valence-corrected chi connectivity index (χ1v) is 8.41. The summed E-state index contributed by atoms with van der Waals surface area (Å²) in [6, 6.07) is 5.50. The molecule has 8 nitrogen and oxygen atoms in total. The normalized spacial score (nSPS) is 19.2. The molecule has 2 aliphatic rings. The maximum absolute atomic E-state index is 12.6. The lowest BCUT2D eigenvalue weighted by Gasteiger charge is -2.15. The van der Waals surface area contributed by atoms with Gasteiger partial charge in [-0.05, 0) is 31.0 Å². The molecule has 3 N–H and O–H groups in total. The number of hydrogen-bond donors (Lipinski definition) is 3. The zero-order chi connectivity index (χ0) is 16.8. The van der Waals surface area contributed by atoms with Crippen molar-refractivity contribution in [3.63, 3.8) is 0 Å². The van der Waals surface area contributed by atoms with E-state index in [-0.39, 0.29) is 11.9 Å². The van der Waals surface area contributed by atoms with Gasteiger partial charge in [-0.15, -0.1) is 0 Å². The van der Waals surface area contributed by atoms with E-state index in [1.54, 1.807) is 12.4 Å². The third-order valence-electron chi connectivity index (χ3n) is 4.75. The van der Waals surface area contributed by atoms with E-state index in [0.29, 0.717) is 11.2 Å². The number of carbonyl (C=O) groups is 1. The maximum Gasteiger partial charge on any atom is 0.255 e. The number of likely N-dealkylation sites (tertiary alicyclic amines) is 1. The van der Waals surface area contributed by atoms with Crippen LogP contribution in [0.15, 0.2) is 30.6 Å². The summed E-state index contributed by atoms with van der Waals surface area (Å²) in [6.07, 6.45) is 5.50. The molecular formula is C17H17N7O. The van der Waals surface area contributed by atoms with Crippen molar-refractivity contribution in [2.45, 2.75) is 18.9 Å². The Hall–Kier alpha value is -3.00. The molecule has 0 radical (unpaired) electrons. The minimum Gasteiger partial charge on any atom is -0.339 e. The number of hydrazine groups is 1. The van der Waals surface area contributed by atoms with Crippen LogP contribution >= 0.6 is 0 Å². The first kappa shape index (κ1) is 14.4. The summed E-state index contributed by atoms with van der Waals surface area (Å²) in [4.78, 5) is 31.0. The smallest absolute Gasteiger partial charge is 0.255 e. The fourth-order valence-corrected chi connectivity index (χ4v) is 3.46. The number of carbonyl (C=O) groups excluding carboxylic acids is 1. The second-order valence-electron chi connectivity index (χ2n) is 6.36. The number of nitrogens with zero attached hydrogens (tertiary/aromatic N) is 4. The van der Waals surface area contributed by atoms with Crippen LogP contribution in [0.1, 0.15) is 40.6 Å². The van der Waals surface area contributed by atoms with Crippen molar-refractivity contribution in [2.75, 3.05) is 18.5 Å². The summed E-state index contributed by atoms with van der Waals surface area (Å²) in [5.74, 6) is 1.51. The highest BCUT2D eigenvalue weighted by atomic mass is 16.2. The molecule has 5 heterocycles. The first-order valence-electron chi connectivity index (χ1n) is 8.41. The van der Waals surface area contributed by atoms with Crippen LogP contribution in [0.25, 0.3) is 11.2 Å². The van der Waals surface area contributed by atoms with Crippen LogP contribution in [0.5, 0.6) is 0 Å². The highest BCUT2D eigenvalue weighted by Crippen LogP contribution is 2.32. The standard InChI is InChI=1S/C17H17N7O/c25-17(24-6-1-2-7-24)10-8-11-13(22-23-14(11)19-9-10)16-20-12-4-3-5-18-15(12)21-16/h3-5,8-9,13,22H,1-2,6-7H2,(H,19,23)(H,18,20,21). The van der Waals surface area contributed by atoms with Gasteiger partial charge in [0.05, 0.1) is 11.1 Å². The third kappa shape index (κ3) is 2.33. The van der Waals surface area contributed by atoms with E-state index < -0.39 is 0 Å². The number of H-pyrrole nitrogens is 1. The van der Waals surface area contributed by atoms with Crippen molar-refractivity contribution in [1.82, 2.24) is 30.3 Å². The Bertz CT molecular complexity index is 928. The zero-order valence-electron chi connectivity index (χ0n) is 13.5. The van der Waals surface area contributed by atoms with Crippen molar-refractivity contribution < 1.29 is 4.79 Å². The second kappa shape index (κ2) is 5.52. The summed E-state index contributed by atoms with van der Waals surface area (Å²) in [6.45, 7) is 1.65. The van der Waals surface area contributed by atoms with Gasteiger partial charge >= 0.3 is 0 Å². The highest BCUT2D eigenvalue weighted by Gasteiger charge is 2.29. The molecule has 1 atom stereocenters. The molecular weight excluding hydrogens is 318 g/mol. The van der Waals surface area contributed by atoms with Crippen molar-refractivity contribution in [3.05, 3.63) is 47.5 Å². The average molecular weight is 335 g/mol. The van der Waals surface area contributed by atoms with Crippen LogP contribution in [-0.2, 0) is 0 Å². The number of rotatable bonds is 2. The van der Waals surface area contributed by atoms with Gasteiger partial charge in [0.15, 0.2) is 5.65 Å². The number of aromatic amines is 1. The van der Waals surface area contributed by atoms with Crippen LogP contribution in [0, 0.1) is 0 Å². The predicted molar refractivity (Wildman–Crippen MR) is 91.9 cm³/mol. The van der Waals surface area contributed by atoms with Crippen molar-refractivity contribution in [3.8, 4) is 0 Å². The van der Waals surface area contributed by atoms with Crippen LogP contribution in [0.4, 0.5) is 5.82 Å². The Balaban J connectivity index is 1.51. The molecule has 25 heavy (non-hydrogen) atoms. The summed E-state index contributed by atoms with van der Waals surface area (Å²) in [5, 5.41) is 0. The van der Waals surface area contributed by atoms with Gasteiger partial charge < -0.3 is 15.3 Å². The minimum absolute atomic E-state index is 0.0460. The van der Waals surface area contributed by atoms with Crippen LogP contribution in [0.3, 0.4) is 0 Å². The maximum atomic E-state index is 12.6. The average Bonchev–Trinajstić information content (AvgIpc) is 3.38. The van der Waals surface area contributed by atoms with Gasteiger partial charge in [-0.1, -0.05) is 0 Å². The number of fused-ring (bicyclic) bond motifs is 2. The summed E-state index contributed by atoms with van der Waals surface area (Å²) in [7, 11) is 0.